The maximum absolute atomic E-state index is 13.5. The van der Waals surface area contributed by atoms with Crippen LogP contribution in [0.15, 0.2) is 36.4 Å². The van der Waals surface area contributed by atoms with Gasteiger partial charge in [0, 0.05) is 26.2 Å². The quantitative estimate of drug-likeness (QED) is 0.626. The number of nitrogens with zero attached hydrogens (tertiary/aromatic N) is 2. The zero-order valence-electron chi connectivity index (χ0n) is 17.4. The molecule has 2 amide bonds. The van der Waals surface area contributed by atoms with E-state index in [-0.39, 0.29) is 24.2 Å². The zero-order valence-corrected chi connectivity index (χ0v) is 17.4. The molecule has 2 aromatic carbocycles. The summed E-state index contributed by atoms with van der Waals surface area (Å²) in [5.74, 6) is -0.420. The van der Waals surface area contributed by atoms with E-state index in [1.165, 1.54) is 17.0 Å². The van der Waals surface area contributed by atoms with Gasteiger partial charge in [-0.3, -0.25) is 0 Å². The number of hydrogen-bond donors (Lipinski definition) is 1. The first-order valence-electron chi connectivity index (χ1n) is 10.2. The summed E-state index contributed by atoms with van der Waals surface area (Å²) in [4.78, 5) is 16.0. The Bertz CT molecular complexity index is 1030. The number of fused-ring (bicyclic) bond motifs is 1. The molecule has 2 aromatic rings. The molecule has 4 rings (SSSR count). The maximum atomic E-state index is 13.5. The molecule has 2 heterocycles. The molecule has 33 heavy (non-hydrogen) atoms. The monoisotopic (exact) mass is 475 g/mol. The van der Waals surface area contributed by atoms with Gasteiger partial charge in [-0.2, -0.15) is 26.3 Å². The van der Waals surface area contributed by atoms with Crippen molar-refractivity contribution in [1.82, 2.24) is 15.1 Å². The minimum absolute atomic E-state index is 0.0653. The van der Waals surface area contributed by atoms with Crippen molar-refractivity contribution in [2.75, 3.05) is 19.6 Å². The zero-order chi connectivity index (χ0) is 24.1. The molecule has 0 bridgehead atoms. The van der Waals surface area contributed by atoms with Crippen LogP contribution in [0, 0.1) is 12.7 Å². The summed E-state index contributed by atoms with van der Waals surface area (Å²) >= 11 is 0. The molecule has 2 atom stereocenters. The van der Waals surface area contributed by atoms with E-state index in [0.717, 1.165) is 5.56 Å². The molecule has 178 valence electrons. The molecule has 2 unspecified atom stereocenters. The third-order valence-electron chi connectivity index (χ3n) is 5.98. The summed E-state index contributed by atoms with van der Waals surface area (Å²) in [7, 11) is 0. The van der Waals surface area contributed by atoms with Crippen LogP contribution in [-0.2, 0) is 18.9 Å². The van der Waals surface area contributed by atoms with Crippen molar-refractivity contribution in [3.63, 3.8) is 0 Å². The van der Waals surface area contributed by atoms with Gasteiger partial charge in [-0.05, 0) is 53.9 Å². The van der Waals surface area contributed by atoms with Crippen LogP contribution in [-0.4, -0.2) is 41.5 Å². The average Bonchev–Trinajstić information content (AvgIpc) is 3.02. The van der Waals surface area contributed by atoms with Crippen LogP contribution in [0.5, 0.6) is 0 Å². The van der Waals surface area contributed by atoms with Gasteiger partial charge in [0.25, 0.3) is 0 Å². The standard InChI is InChI=1S/C22H20F7N3O/c1-12-4-16(23)2-3-18(12)19-9-30-8-17-11-31(20(33)32(17)19)10-13-5-14(21(24,25)26)7-15(6-13)22(27,28)29/h2-7,17,19,30H,8-11H2,1H3. The first-order chi connectivity index (χ1) is 15.3. The van der Waals surface area contributed by atoms with E-state index < -0.39 is 47.9 Å². The van der Waals surface area contributed by atoms with Gasteiger partial charge in [0.05, 0.1) is 23.2 Å². The maximum Gasteiger partial charge on any atom is 0.416 e. The van der Waals surface area contributed by atoms with Gasteiger partial charge >= 0.3 is 18.4 Å². The number of urea groups is 1. The minimum atomic E-state index is -4.96. The molecule has 4 nitrogen and oxygen atoms in total. The van der Waals surface area contributed by atoms with Crippen LogP contribution in [0.3, 0.4) is 0 Å². The van der Waals surface area contributed by atoms with E-state index in [2.05, 4.69) is 5.32 Å². The number of alkyl halides is 6. The van der Waals surface area contributed by atoms with E-state index in [9.17, 15) is 35.5 Å². The molecule has 2 aliphatic heterocycles. The molecule has 0 aliphatic carbocycles. The Hall–Kier alpha value is -2.82. The smallest absolute Gasteiger partial charge is 0.318 e. The number of halogens is 7. The van der Waals surface area contributed by atoms with Crippen LogP contribution in [0.2, 0.25) is 0 Å². The average molecular weight is 475 g/mol. The number of nitrogens with one attached hydrogen (secondary N) is 1. The molecule has 11 heteroatoms. The molecule has 0 aromatic heterocycles. The van der Waals surface area contributed by atoms with Crippen LogP contribution in [0.1, 0.15) is 33.9 Å². The Morgan fingerprint density at radius 2 is 1.61 bits per heavy atom. The van der Waals surface area contributed by atoms with Gasteiger partial charge in [-0.15, -0.1) is 0 Å². The van der Waals surface area contributed by atoms with Crippen LogP contribution >= 0.6 is 0 Å². The summed E-state index contributed by atoms with van der Waals surface area (Å²) in [6.07, 6.45) is -9.92. The highest BCUT2D eigenvalue weighted by Crippen LogP contribution is 2.38. The fourth-order valence-electron chi connectivity index (χ4n) is 4.51. The van der Waals surface area contributed by atoms with Crippen LogP contribution in [0.4, 0.5) is 35.5 Å². The first-order valence-corrected chi connectivity index (χ1v) is 10.2. The lowest BCUT2D eigenvalue weighted by atomic mass is 9.97. The lowest BCUT2D eigenvalue weighted by Gasteiger charge is -2.38. The highest BCUT2D eigenvalue weighted by atomic mass is 19.4. The fraction of sp³-hybridized carbons (Fsp3) is 0.409. The molecule has 0 saturated carbocycles. The van der Waals surface area contributed by atoms with Gasteiger partial charge in [0.1, 0.15) is 5.82 Å². The third-order valence-corrected chi connectivity index (χ3v) is 5.98. The molecular weight excluding hydrogens is 455 g/mol. The highest BCUT2D eigenvalue weighted by Gasteiger charge is 2.44. The Labute approximate surface area is 185 Å². The summed E-state index contributed by atoms with van der Waals surface area (Å²) in [6.45, 7) is 2.27. The Morgan fingerprint density at radius 1 is 0.970 bits per heavy atom. The minimum Gasteiger partial charge on any atom is -0.318 e. The van der Waals surface area contributed by atoms with E-state index in [4.69, 9.17) is 0 Å². The summed E-state index contributed by atoms with van der Waals surface area (Å²) < 4.78 is 92.6. The van der Waals surface area contributed by atoms with E-state index in [1.54, 1.807) is 17.9 Å². The molecular formula is C22H20F7N3O. The third kappa shape index (κ3) is 4.64. The lowest BCUT2D eigenvalue weighted by molar-refractivity contribution is -0.143. The molecule has 2 fully saturated rings. The molecule has 1 N–H and O–H groups in total. The fourth-order valence-corrected chi connectivity index (χ4v) is 4.51. The second kappa shape index (κ2) is 8.19. The Balaban J connectivity index is 1.63. The molecule has 2 aliphatic rings. The highest BCUT2D eigenvalue weighted by molar-refractivity contribution is 5.78. The van der Waals surface area contributed by atoms with Crippen molar-refractivity contribution in [2.45, 2.75) is 37.9 Å². The largest absolute Gasteiger partial charge is 0.416 e. The number of carbonyl (C=O) groups is 1. The first kappa shape index (κ1) is 23.3. The van der Waals surface area contributed by atoms with E-state index in [0.29, 0.717) is 30.8 Å². The molecule has 2 saturated heterocycles. The van der Waals surface area contributed by atoms with Crippen LogP contribution < -0.4 is 5.32 Å². The molecule has 0 spiro atoms. The number of amides is 2. The van der Waals surface area contributed by atoms with Crippen LogP contribution in [0.25, 0.3) is 0 Å². The number of aryl methyl sites for hydroxylation is 1. The van der Waals surface area contributed by atoms with Crippen molar-refractivity contribution in [3.05, 3.63) is 70.0 Å². The normalized spacial score (nSPS) is 21.5. The van der Waals surface area contributed by atoms with E-state index in [1.807, 2.05) is 0 Å². The van der Waals surface area contributed by atoms with E-state index >= 15 is 0 Å². The van der Waals surface area contributed by atoms with Gasteiger partial charge in [-0.25, -0.2) is 9.18 Å². The van der Waals surface area contributed by atoms with Gasteiger partial charge in [0.2, 0.25) is 0 Å². The topological polar surface area (TPSA) is 35.6 Å². The Kier molecular flexibility index (Phi) is 5.80. The predicted molar refractivity (Wildman–Crippen MR) is 105 cm³/mol. The number of benzene rings is 2. The predicted octanol–water partition coefficient (Wildman–Crippen LogP) is 5.12. The number of rotatable bonds is 3. The second-order valence-electron chi connectivity index (χ2n) is 8.31. The van der Waals surface area contributed by atoms with Crippen molar-refractivity contribution in [3.8, 4) is 0 Å². The van der Waals surface area contributed by atoms with Crippen molar-refractivity contribution in [2.24, 2.45) is 0 Å². The Morgan fingerprint density at radius 3 is 2.18 bits per heavy atom. The lowest BCUT2D eigenvalue weighted by Crippen LogP contribution is -2.52. The van der Waals surface area contributed by atoms with Gasteiger partial charge in [0.15, 0.2) is 0 Å². The van der Waals surface area contributed by atoms with Gasteiger partial charge in [-0.1, -0.05) is 6.07 Å². The number of hydrogen-bond acceptors (Lipinski definition) is 2. The number of carbonyl (C=O) groups excluding carboxylic acids is 1. The summed E-state index contributed by atoms with van der Waals surface area (Å²) in [6, 6.07) is 4.31. The molecule has 0 radical (unpaired) electrons. The van der Waals surface area contributed by atoms with Crippen molar-refractivity contribution < 1.29 is 35.5 Å². The van der Waals surface area contributed by atoms with Gasteiger partial charge < -0.3 is 15.1 Å². The second-order valence-corrected chi connectivity index (χ2v) is 8.31. The van der Waals surface area contributed by atoms with Crippen molar-refractivity contribution in [1.29, 1.82) is 0 Å². The number of piperazine rings is 1. The van der Waals surface area contributed by atoms with Crippen molar-refractivity contribution >= 4 is 6.03 Å². The SMILES string of the molecule is Cc1cc(F)ccc1C1CNCC2CN(Cc3cc(C(F)(F)F)cc(C(F)(F)F)c3)C(=O)N21. The summed E-state index contributed by atoms with van der Waals surface area (Å²) in [5.41, 5.74) is -1.73. The summed E-state index contributed by atoms with van der Waals surface area (Å²) in [5, 5.41) is 3.20.